The van der Waals surface area contributed by atoms with E-state index >= 15 is 0 Å². The summed E-state index contributed by atoms with van der Waals surface area (Å²) in [5.41, 5.74) is 3.42. The van der Waals surface area contributed by atoms with E-state index in [4.69, 9.17) is 9.73 Å². The molecule has 0 spiro atoms. The van der Waals surface area contributed by atoms with Crippen LogP contribution in [0.2, 0.25) is 0 Å². The van der Waals surface area contributed by atoms with Crippen LogP contribution in [0.5, 0.6) is 0 Å². The van der Waals surface area contributed by atoms with Crippen LogP contribution in [-0.2, 0) is 9.53 Å². The summed E-state index contributed by atoms with van der Waals surface area (Å²) in [6.07, 6.45) is 0.789. The van der Waals surface area contributed by atoms with E-state index in [-0.39, 0.29) is 24.0 Å². The average Bonchev–Trinajstić information content (AvgIpc) is 2.78. The number of esters is 1. The summed E-state index contributed by atoms with van der Waals surface area (Å²) in [6, 6.07) is 16.5. The van der Waals surface area contributed by atoms with Crippen LogP contribution < -0.4 is 5.32 Å². The Labute approximate surface area is 192 Å². The van der Waals surface area contributed by atoms with Crippen molar-refractivity contribution in [1.29, 1.82) is 0 Å². The third-order valence-electron chi connectivity index (χ3n) is 5.32. The molecule has 1 fully saturated rings. The molecule has 1 unspecified atom stereocenters. The summed E-state index contributed by atoms with van der Waals surface area (Å²) < 4.78 is 5.57. The van der Waals surface area contributed by atoms with Crippen molar-refractivity contribution in [1.82, 2.24) is 4.90 Å². The highest BCUT2D eigenvalue weighted by Gasteiger charge is 2.38. The van der Waals surface area contributed by atoms with Crippen LogP contribution in [0.1, 0.15) is 49.2 Å². The largest absolute Gasteiger partial charge is 0.459 e. The van der Waals surface area contributed by atoms with Crippen molar-refractivity contribution in [2.45, 2.75) is 39.3 Å². The molecule has 7 heteroatoms. The summed E-state index contributed by atoms with van der Waals surface area (Å²) in [6.45, 7) is 6.36. The monoisotopic (exact) mass is 449 g/mol. The zero-order valence-electron chi connectivity index (χ0n) is 18.5. The highest BCUT2D eigenvalue weighted by atomic mass is 32.2. The first-order valence-electron chi connectivity index (χ1n) is 10.8. The first-order chi connectivity index (χ1) is 15.4. The molecule has 2 heterocycles. The summed E-state index contributed by atoms with van der Waals surface area (Å²) in [4.78, 5) is 32.6. The number of ether oxygens (including phenoxy) is 1. The summed E-state index contributed by atoms with van der Waals surface area (Å²) in [5.74, 6) is 0.488. The van der Waals surface area contributed by atoms with E-state index < -0.39 is 0 Å². The molecular weight excluding hydrogens is 422 g/mol. The molecule has 1 amide bonds. The van der Waals surface area contributed by atoms with Crippen LogP contribution in [0.4, 0.5) is 5.69 Å². The maximum Gasteiger partial charge on any atom is 0.338 e. The van der Waals surface area contributed by atoms with Gasteiger partial charge in [-0.2, -0.15) is 0 Å². The number of thioether (sulfide) groups is 1. The lowest BCUT2D eigenvalue weighted by molar-refractivity contribution is -0.143. The molecule has 32 heavy (non-hydrogen) atoms. The quantitative estimate of drug-likeness (QED) is 0.650. The summed E-state index contributed by atoms with van der Waals surface area (Å²) in [5, 5.41) is 3.90. The van der Waals surface area contributed by atoms with Gasteiger partial charge >= 0.3 is 5.97 Å². The number of nitrogens with zero attached hydrogens (tertiary/aromatic N) is 2. The lowest BCUT2D eigenvalue weighted by Gasteiger charge is -2.40. The van der Waals surface area contributed by atoms with Crippen LogP contribution >= 0.6 is 11.8 Å². The average molecular weight is 450 g/mol. The van der Waals surface area contributed by atoms with Crippen molar-refractivity contribution in [2.75, 3.05) is 17.6 Å². The highest BCUT2D eigenvalue weighted by molar-refractivity contribution is 8.13. The van der Waals surface area contributed by atoms with Gasteiger partial charge in [0, 0.05) is 23.5 Å². The molecule has 1 N–H and O–H groups in total. The molecule has 0 aromatic heterocycles. The second-order valence-electron chi connectivity index (χ2n) is 8.09. The zero-order chi connectivity index (χ0) is 22.7. The van der Waals surface area contributed by atoms with E-state index in [1.807, 2.05) is 63.2 Å². The van der Waals surface area contributed by atoms with E-state index in [2.05, 4.69) is 10.2 Å². The number of anilines is 1. The number of carbonyl (C=O) groups is 2. The number of nitrogens with one attached hydrogen (secondary N) is 1. The Hall–Kier alpha value is -3.06. The van der Waals surface area contributed by atoms with Crippen LogP contribution in [0.3, 0.4) is 0 Å². The van der Waals surface area contributed by atoms with Gasteiger partial charge in [-0.3, -0.25) is 4.79 Å². The van der Waals surface area contributed by atoms with Crippen LogP contribution in [0.25, 0.3) is 0 Å². The Morgan fingerprint density at radius 1 is 1.16 bits per heavy atom. The van der Waals surface area contributed by atoms with Crippen molar-refractivity contribution < 1.29 is 14.3 Å². The normalized spacial score (nSPS) is 18.2. The minimum absolute atomic E-state index is 0.173. The molecule has 4 rings (SSSR count). The summed E-state index contributed by atoms with van der Waals surface area (Å²) >= 11 is 1.71. The smallest absolute Gasteiger partial charge is 0.338 e. The summed E-state index contributed by atoms with van der Waals surface area (Å²) in [7, 11) is 0. The minimum Gasteiger partial charge on any atom is -0.459 e. The topological polar surface area (TPSA) is 71.0 Å². The number of amidine groups is 1. The van der Waals surface area contributed by atoms with Crippen molar-refractivity contribution in [3.8, 4) is 0 Å². The Morgan fingerprint density at radius 3 is 2.69 bits per heavy atom. The molecular formula is C25H27N3O3S. The van der Waals surface area contributed by atoms with E-state index in [0.717, 1.165) is 29.4 Å². The van der Waals surface area contributed by atoms with Gasteiger partial charge in [0.15, 0.2) is 5.17 Å². The lowest BCUT2D eigenvalue weighted by atomic mass is 9.94. The van der Waals surface area contributed by atoms with Gasteiger partial charge in [0.2, 0.25) is 0 Å². The highest BCUT2D eigenvalue weighted by Crippen LogP contribution is 2.40. The standard InChI is InChI=1S/C25H27N3O3S/c1-16(2)31-24(30)21-17(3)26-25-28(13-8-14-32-25)22(21)19-11-7-12-20(15-19)27-23(29)18-9-5-4-6-10-18/h4-7,9-12,15-16,22H,8,13-14H2,1-3H3,(H,27,29). The van der Waals surface area contributed by atoms with Crippen molar-refractivity contribution in [3.63, 3.8) is 0 Å². The Morgan fingerprint density at radius 2 is 1.94 bits per heavy atom. The molecule has 1 saturated heterocycles. The fourth-order valence-electron chi connectivity index (χ4n) is 3.93. The fourth-order valence-corrected chi connectivity index (χ4v) is 4.95. The third-order valence-corrected chi connectivity index (χ3v) is 6.39. The third kappa shape index (κ3) is 4.72. The predicted molar refractivity (Wildman–Crippen MR) is 129 cm³/mol. The Kier molecular flexibility index (Phi) is 6.65. The Balaban J connectivity index is 1.69. The number of rotatable bonds is 5. The van der Waals surface area contributed by atoms with Gasteiger partial charge in [0.05, 0.1) is 23.4 Å². The van der Waals surface area contributed by atoms with E-state index in [1.165, 1.54) is 0 Å². The van der Waals surface area contributed by atoms with Crippen LogP contribution in [0.15, 0.2) is 70.9 Å². The first-order valence-corrected chi connectivity index (χ1v) is 11.8. The maximum atomic E-state index is 13.1. The molecule has 2 aromatic rings. The van der Waals surface area contributed by atoms with Crippen molar-refractivity contribution in [2.24, 2.45) is 4.99 Å². The van der Waals surface area contributed by atoms with Gasteiger partial charge in [-0.1, -0.05) is 42.1 Å². The number of amides is 1. The molecule has 2 aliphatic rings. The van der Waals surface area contributed by atoms with E-state index in [1.54, 1.807) is 23.9 Å². The van der Waals surface area contributed by atoms with E-state index in [9.17, 15) is 9.59 Å². The van der Waals surface area contributed by atoms with Crippen LogP contribution in [-0.4, -0.2) is 40.3 Å². The number of fused-ring (bicyclic) bond motifs is 1. The number of carbonyl (C=O) groups excluding carboxylic acids is 2. The second kappa shape index (κ2) is 9.61. The van der Waals surface area contributed by atoms with Gasteiger partial charge in [0.25, 0.3) is 5.91 Å². The molecule has 6 nitrogen and oxygen atoms in total. The van der Waals surface area contributed by atoms with Gasteiger partial charge in [-0.15, -0.1) is 0 Å². The van der Waals surface area contributed by atoms with Crippen molar-refractivity contribution in [3.05, 3.63) is 77.0 Å². The van der Waals surface area contributed by atoms with Gasteiger partial charge < -0.3 is 15.0 Å². The molecule has 0 aliphatic carbocycles. The number of benzene rings is 2. The molecule has 2 aromatic carbocycles. The fraction of sp³-hybridized carbons (Fsp3) is 0.320. The maximum absolute atomic E-state index is 13.1. The first kappa shape index (κ1) is 22.1. The molecule has 0 saturated carbocycles. The molecule has 166 valence electrons. The van der Waals surface area contributed by atoms with Crippen molar-refractivity contribution >= 4 is 34.5 Å². The van der Waals surface area contributed by atoms with Gasteiger partial charge in [0.1, 0.15) is 0 Å². The molecule has 0 radical (unpaired) electrons. The van der Waals surface area contributed by atoms with E-state index in [0.29, 0.717) is 22.5 Å². The predicted octanol–water partition coefficient (Wildman–Crippen LogP) is 5.01. The zero-order valence-corrected chi connectivity index (χ0v) is 19.3. The number of aliphatic imine (C=N–C) groups is 1. The SMILES string of the molecule is CC1=C(C(=O)OC(C)C)C(c2cccc(NC(=O)c3ccccc3)c2)N2CCCSC2=N1. The molecule has 2 aliphatic heterocycles. The molecule has 0 bridgehead atoms. The van der Waals surface area contributed by atoms with Gasteiger partial charge in [-0.25, -0.2) is 9.79 Å². The number of allylic oxidation sites excluding steroid dienone is 1. The lowest BCUT2D eigenvalue weighted by Crippen LogP contribution is -2.42. The second-order valence-corrected chi connectivity index (χ2v) is 9.15. The van der Waals surface area contributed by atoms with Crippen LogP contribution in [0, 0.1) is 0 Å². The molecule has 1 atom stereocenters. The number of hydrogen-bond acceptors (Lipinski definition) is 6. The minimum atomic E-state index is -0.348. The Bertz CT molecular complexity index is 1080. The number of hydrogen-bond donors (Lipinski definition) is 1. The van der Waals surface area contributed by atoms with Gasteiger partial charge in [-0.05, 0) is 57.0 Å².